The van der Waals surface area contributed by atoms with E-state index in [1.54, 1.807) is 0 Å². The van der Waals surface area contributed by atoms with Gasteiger partial charge in [0, 0.05) is 12.0 Å². The van der Waals surface area contributed by atoms with Gasteiger partial charge in [-0.2, -0.15) is 0 Å². The molecule has 2 N–H and O–H groups in total. The number of nitrogens with one attached hydrogen (secondary N) is 1. The first-order valence-corrected chi connectivity index (χ1v) is 6.82. The highest BCUT2D eigenvalue weighted by molar-refractivity contribution is 5.25. The summed E-state index contributed by atoms with van der Waals surface area (Å²) in [6.45, 7) is 0.937. The zero-order valence-corrected chi connectivity index (χ0v) is 10.2. The van der Waals surface area contributed by atoms with Gasteiger partial charge in [-0.3, -0.25) is 0 Å². The Bertz CT molecular complexity index is 376. The van der Waals surface area contributed by atoms with Crippen LogP contribution in [-0.4, -0.2) is 17.7 Å². The average Bonchev–Trinajstić information content (AvgIpc) is 2.40. The predicted molar refractivity (Wildman–Crippen MR) is 68.7 cm³/mol. The molecule has 3 rings (SSSR count). The van der Waals surface area contributed by atoms with Crippen molar-refractivity contribution in [1.82, 2.24) is 5.32 Å². The summed E-state index contributed by atoms with van der Waals surface area (Å²) in [5.74, 6) is 0.396. The Balaban J connectivity index is 1.94. The molecule has 1 saturated heterocycles. The van der Waals surface area contributed by atoms with Crippen molar-refractivity contribution in [3.05, 3.63) is 35.9 Å². The second kappa shape index (κ2) is 4.43. The highest BCUT2D eigenvalue weighted by Gasteiger charge is 2.45. The highest BCUT2D eigenvalue weighted by atomic mass is 16.3. The van der Waals surface area contributed by atoms with Gasteiger partial charge >= 0.3 is 0 Å². The van der Waals surface area contributed by atoms with E-state index in [0.29, 0.717) is 12.0 Å². The molecule has 1 aliphatic carbocycles. The molecule has 2 fully saturated rings. The molecule has 3 unspecified atom stereocenters. The van der Waals surface area contributed by atoms with Gasteiger partial charge in [-0.25, -0.2) is 0 Å². The van der Waals surface area contributed by atoms with Crippen molar-refractivity contribution in [2.45, 2.75) is 43.7 Å². The Hall–Kier alpha value is -0.860. The highest BCUT2D eigenvalue weighted by Crippen LogP contribution is 2.43. The van der Waals surface area contributed by atoms with E-state index in [1.165, 1.54) is 19.3 Å². The summed E-state index contributed by atoms with van der Waals surface area (Å²) in [7, 11) is 0. The van der Waals surface area contributed by atoms with Crippen molar-refractivity contribution in [2.24, 2.45) is 5.92 Å². The first kappa shape index (κ1) is 11.2. The number of aliphatic hydroxyl groups is 1. The molecule has 2 heteroatoms. The van der Waals surface area contributed by atoms with Gasteiger partial charge in [0.25, 0.3) is 0 Å². The van der Waals surface area contributed by atoms with Gasteiger partial charge < -0.3 is 10.4 Å². The van der Waals surface area contributed by atoms with Crippen LogP contribution in [0.25, 0.3) is 0 Å². The summed E-state index contributed by atoms with van der Waals surface area (Å²) >= 11 is 0. The van der Waals surface area contributed by atoms with Gasteiger partial charge in [-0.1, -0.05) is 43.2 Å². The van der Waals surface area contributed by atoms with Crippen molar-refractivity contribution in [2.75, 3.05) is 6.54 Å². The molecule has 0 spiro atoms. The van der Waals surface area contributed by atoms with Gasteiger partial charge in [0.2, 0.25) is 0 Å². The van der Waals surface area contributed by atoms with E-state index in [-0.39, 0.29) is 0 Å². The van der Waals surface area contributed by atoms with Crippen LogP contribution in [0, 0.1) is 5.92 Å². The quantitative estimate of drug-likeness (QED) is 0.778. The van der Waals surface area contributed by atoms with Gasteiger partial charge in [0.05, 0.1) is 5.60 Å². The predicted octanol–water partition coefficient (Wildman–Crippen LogP) is 2.43. The minimum Gasteiger partial charge on any atom is -0.385 e. The third-order valence-corrected chi connectivity index (χ3v) is 4.57. The monoisotopic (exact) mass is 231 g/mol. The largest absolute Gasteiger partial charge is 0.385 e. The number of fused-ring (bicyclic) bond motifs is 1. The molecule has 3 atom stereocenters. The molecule has 1 heterocycles. The van der Waals surface area contributed by atoms with E-state index in [9.17, 15) is 5.11 Å². The van der Waals surface area contributed by atoms with E-state index in [4.69, 9.17) is 0 Å². The van der Waals surface area contributed by atoms with Crippen LogP contribution in [-0.2, 0) is 5.60 Å². The molecule has 2 nitrogen and oxygen atoms in total. The number of hydrogen-bond acceptors (Lipinski definition) is 2. The number of benzene rings is 1. The van der Waals surface area contributed by atoms with E-state index in [2.05, 4.69) is 17.4 Å². The maximum absolute atomic E-state index is 11.1. The lowest BCUT2D eigenvalue weighted by Gasteiger charge is -2.48. The molecule has 1 aliphatic heterocycles. The molecule has 0 bridgehead atoms. The standard InChI is InChI=1S/C15H21NO/c17-15(12-6-2-1-3-7-12)10-11-16-14-9-5-4-8-13(14)15/h1-3,6-7,13-14,16-17H,4-5,8-11H2. The minimum absolute atomic E-state index is 0.396. The van der Waals surface area contributed by atoms with Crippen LogP contribution in [0.4, 0.5) is 0 Å². The van der Waals surface area contributed by atoms with Crippen LogP contribution in [0.1, 0.15) is 37.7 Å². The molecule has 0 radical (unpaired) electrons. The van der Waals surface area contributed by atoms with Gasteiger partial charge in [0.15, 0.2) is 0 Å². The first-order chi connectivity index (χ1) is 8.31. The number of hydrogen-bond donors (Lipinski definition) is 2. The zero-order valence-electron chi connectivity index (χ0n) is 10.2. The summed E-state index contributed by atoms with van der Waals surface area (Å²) in [4.78, 5) is 0. The second-order valence-corrected chi connectivity index (χ2v) is 5.49. The molecule has 92 valence electrons. The topological polar surface area (TPSA) is 32.3 Å². The van der Waals surface area contributed by atoms with Crippen LogP contribution < -0.4 is 5.32 Å². The zero-order chi connectivity index (χ0) is 11.7. The van der Waals surface area contributed by atoms with Crippen molar-refractivity contribution in [1.29, 1.82) is 0 Å². The second-order valence-electron chi connectivity index (χ2n) is 5.49. The van der Waals surface area contributed by atoms with Crippen molar-refractivity contribution in [3.63, 3.8) is 0 Å². The lowest BCUT2D eigenvalue weighted by Crippen LogP contribution is -2.55. The van der Waals surface area contributed by atoms with E-state index in [0.717, 1.165) is 24.9 Å². The fourth-order valence-electron chi connectivity index (χ4n) is 3.67. The summed E-state index contributed by atoms with van der Waals surface area (Å²) in [5, 5.41) is 14.7. The van der Waals surface area contributed by atoms with E-state index < -0.39 is 5.60 Å². The normalized spacial score (nSPS) is 37.5. The Morgan fingerprint density at radius 1 is 1.12 bits per heavy atom. The maximum Gasteiger partial charge on any atom is 0.0951 e. The third kappa shape index (κ3) is 1.90. The van der Waals surface area contributed by atoms with Gasteiger partial charge in [-0.05, 0) is 31.4 Å². The summed E-state index contributed by atoms with van der Waals surface area (Å²) in [5.41, 5.74) is 0.510. The summed E-state index contributed by atoms with van der Waals surface area (Å²) in [6, 6.07) is 10.8. The fourth-order valence-corrected chi connectivity index (χ4v) is 3.67. The number of rotatable bonds is 1. The minimum atomic E-state index is -0.600. The molecule has 1 saturated carbocycles. The van der Waals surface area contributed by atoms with Crippen LogP contribution in [0.2, 0.25) is 0 Å². The number of piperidine rings is 1. The molecule has 0 amide bonds. The van der Waals surface area contributed by atoms with Crippen LogP contribution in [0.5, 0.6) is 0 Å². The van der Waals surface area contributed by atoms with Crippen molar-refractivity contribution < 1.29 is 5.11 Å². The summed E-state index contributed by atoms with van der Waals surface area (Å²) < 4.78 is 0. The Kier molecular flexibility index (Phi) is 2.93. The Morgan fingerprint density at radius 2 is 1.88 bits per heavy atom. The maximum atomic E-state index is 11.1. The van der Waals surface area contributed by atoms with Gasteiger partial charge in [0.1, 0.15) is 0 Å². The van der Waals surface area contributed by atoms with Crippen molar-refractivity contribution >= 4 is 0 Å². The fraction of sp³-hybridized carbons (Fsp3) is 0.600. The smallest absolute Gasteiger partial charge is 0.0951 e. The van der Waals surface area contributed by atoms with Crippen LogP contribution in [0.15, 0.2) is 30.3 Å². The molecule has 1 aromatic carbocycles. The van der Waals surface area contributed by atoms with Crippen molar-refractivity contribution in [3.8, 4) is 0 Å². The molecule has 1 aromatic rings. The van der Waals surface area contributed by atoms with E-state index >= 15 is 0 Å². The molecule has 17 heavy (non-hydrogen) atoms. The average molecular weight is 231 g/mol. The molecular weight excluding hydrogens is 210 g/mol. The summed E-state index contributed by atoms with van der Waals surface area (Å²) in [6.07, 6.45) is 5.79. The molecule has 2 aliphatic rings. The lowest BCUT2D eigenvalue weighted by molar-refractivity contribution is -0.0780. The molecular formula is C15H21NO. The third-order valence-electron chi connectivity index (χ3n) is 4.57. The van der Waals surface area contributed by atoms with E-state index in [1.807, 2.05) is 18.2 Å². The SMILES string of the molecule is OC1(c2ccccc2)CCNC2CCCCC21. The van der Waals surface area contributed by atoms with Gasteiger partial charge in [-0.15, -0.1) is 0 Å². The van der Waals surface area contributed by atoms with Crippen LogP contribution in [0.3, 0.4) is 0 Å². The molecule has 0 aromatic heterocycles. The Labute approximate surface area is 103 Å². The first-order valence-electron chi connectivity index (χ1n) is 6.82. The van der Waals surface area contributed by atoms with Crippen LogP contribution >= 0.6 is 0 Å². The Morgan fingerprint density at radius 3 is 2.71 bits per heavy atom. The lowest BCUT2D eigenvalue weighted by atomic mass is 9.67.